The van der Waals surface area contributed by atoms with Gasteiger partial charge in [-0.25, -0.2) is 4.39 Å². The zero-order chi connectivity index (χ0) is 30.0. The number of hydrogen-bond donors (Lipinski definition) is 3. The highest BCUT2D eigenvalue weighted by molar-refractivity contribution is 6.13. The van der Waals surface area contributed by atoms with Gasteiger partial charge in [-0.1, -0.05) is 60.7 Å². The van der Waals surface area contributed by atoms with Crippen LogP contribution in [0.25, 0.3) is 32.9 Å². The van der Waals surface area contributed by atoms with E-state index in [-0.39, 0.29) is 36.8 Å². The third kappa shape index (κ3) is 5.86. The van der Waals surface area contributed by atoms with Gasteiger partial charge in [0.25, 0.3) is 5.56 Å². The van der Waals surface area contributed by atoms with Crippen LogP contribution in [0.5, 0.6) is 0 Å². The molecule has 0 aliphatic heterocycles. The lowest BCUT2D eigenvalue weighted by molar-refractivity contribution is -0.139. The first-order valence-corrected chi connectivity index (χ1v) is 14.2. The van der Waals surface area contributed by atoms with E-state index in [1.54, 1.807) is 16.7 Å². The first kappa shape index (κ1) is 29.2. The number of aromatic nitrogens is 2. The SMILES string of the molecule is CC(C)n1c(CCC(O)CC(O)CC(=O)O)c(-c2ccccc2)c2c3ccccc3n(Cc3cccc(F)c3)c(=O)c21. The third-order valence-electron chi connectivity index (χ3n) is 7.70. The van der Waals surface area contributed by atoms with Crippen LogP contribution in [0.3, 0.4) is 0 Å². The van der Waals surface area contributed by atoms with Crippen LogP contribution in [0.1, 0.15) is 50.4 Å². The highest BCUT2D eigenvalue weighted by Crippen LogP contribution is 2.40. The number of fused-ring (bicyclic) bond motifs is 3. The highest BCUT2D eigenvalue weighted by atomic mass is 19.1. The molecule has 3 aromatic carbocycles. The number of aliphatic hydroxyl groups is 2. The Morgan fingerprint density at radius 1 is 0.929 bits per heavy atom. The van der Waals surface area contributed by atoms with Gasteiger partial charge in [0.1, 0.15) is 11.3 Å². The molecule has 0 bridgehead atoms. The molecular formula is C34H35FN2O5. The van der Waals surface area contributed by atoms with E-state index in [9.17, 15) is 24.2 Å². The lowest BCUT2D eigenvalue weighted by Crippen LogP contribution is -2.24. The van der Waals surface area contributed by atoms with Crippen LogP contribution in [0, 0.1) is 5.82 Å². The summed E-state index contributed by atoms with van der Waals surface area (Å²) >= 11 is 0. The Morgan fingerprint density at radius 3 is 2.33 bits per heavy atom. The third-order valence-corrected chi connectivity index (χ3v) is 7.70. The maximum absolute atomic E-state index is 14.5. The number of aliphatic hydroxyl groups excluding tert-OH is 2. The molecule has 3 N–H and O–H groups in total. The number of carboxylic acids is 1. The van der Waals surface area contributed by atoms with Crippen LogP contribution in [0.15, 0.2) is 83.7 Å². The van der Waals surface area contributed by atoms with E-state index in [0.717, 1.165) is 33.1 Å². The van der Waals surface area contributed by atoms with Crippen molar-refractivity contribution >= 4 is 27.8 Å². The van der Waals surface area contributed by atoms with Gasteiger partial charge in [0.2, 0.25) is 0 Å². The zero-order valence-electron chi connectivity index (χ0n) is 23.7. The molecule has 0 aliphatic carbocycles. The van der Waals surface area contributed by atoms with Crippen molar-refractivity contribution in [2.45, 2.75) is 64.3 Å². The fourth-order valence-corrected chi connectivity index (χ4v) is 5.99. The first-order chi connectivity index (χ1) is 20.2. The summed E-state index contributed by atoms with van der Waals surface area (Å²) in [5.41, 5.74) is 4.48. The van der Waals surface area contributed by atoms with Crippen molar-refractivity contribution in [1.29, 1.82) is 0 Å². The van der Waals surface area contributed by atoms with E-state index in [1.807, 2.05) is 73.0 Å². The molecule has 0 saturated carbocycles. The molecule has 0 amide bonds. The molecule has 0 fully saturated rings. The van der Waals surface area contributed by atoms with E-state index in [0.29, 0.717) is 17.5 Å². The number of carbonyl (C=O) groups is 1. The van der Waals surface area contributed by atoms with Crippen molar-refractivity contribution in [3.63, 3.8) is 0 Å². The van der Waals surface area contributed by atoms with E-state index in [2.05, 4.69) is 0 Å². The predicted octanol–water partition coefficient (Wildman–Crippen LogP) is 5.91. The molecule has 42 heavy (non-hydrogen) atoms. The maximum atomic E-state index is 14.5. The van der Waals surface area contributed by atoms with Crippen molar-refractivity contribution in [2.24, 2.45) is 0 Å². The second kappa shape index (κ2) is 12.3. The summed E-state index contributed by atoms with van der Waals surface area (Å²) in [6.07, 6.45) is -1.90. The molecule has 218 valence electrons. The number of carboxylic acid groups (broad SMARTS) is 1. The molecule has 0 radical (unpaired) electrons. The lowest BCUT2D eigenvalue weighted by Gasteiger charge is -2.19. The molecule has 2 heterocycles. The minimum absolute atomic E-state index is 0.0573. The number of benzene rings is 3. The Kier molecular flexibility index (Phi) is 8.56. The highest BCUT2D eigenvalue weighted by Gasteiger charge is 2.27. The first-order valence-electron chi connectivity index (χ1n) is 14.2. The van der Waals surface area contributed by atoms with Gasteiger partial charge in [-0.05, 0) is 62.4 Å². The summed E-state index contributed by atoms with van der Waals surface area (Å²) in [7, 11) is 0. The van der Waals surface area contributed by atoms with Crippen molar-refractivity contribution in [3.05, 3.63) is 106 Å². The number of nitrogens with zero attached hydrogens (tertiary/aromatic N) is 2. The van der Waals surface area contributed by atoms with Gasteiger partial charge < -0.3 is 24.5 Å². The van der Waals surface area contributed by atoms with Crippen molar-refractivity contribution in [2.75, 3.05) is 0 Å². The molecule has 8 heteroatoms. The van der Waals surface area contributed by atoms with Crippen LogP contribution in [0.2, 0.25) is 0 Å². The molecule has 0 spiro atoms. The lowest BCUT2D eigenvalue weighted by atomic mass is 9.96. The normalized spacial score (nSPS) is 13.2. The standard InChI is InChI=1S/C34H35FN2O5/c1-21(2)37-29(16-15-25(38)18-26(39)19-30(40)41)31(23-10-4-3-5-11-23)32-27-13-6-7-14-28(27)36(34(42)33(32)37)20-22-9-8-12-24(35)17-22/h3-14,17,21,25-26,38-39H,15-16,18-20H2,1-2H3,(H,40,41). The van der Waals surface area contributed by atoms with Crippen LogP contribution in [0.4, 0.5) is 4.39 Å². The van der Waals surface area contributed by atoms with Crippen molar-refractivity contribution in [1.82, 2.24) is 9.13 Å². The minimum atomic E-state index is -1.15. The second-order valence-electron chi connectivity index (χ2n) is 11.1. The molecule has 2 atom stereocenters. The number of para-hydroxylation sites is 1. The molecule has 7 nitrogen and oxygen atoms in total. The molecule has 0 aliphatic rings. The number of halogens is 1. The monoisotopic (exact) mass is 570 g/mol. The Morgan fingerprint density at radius 2 is 1.64 bits per heavy atom. The summed E-state index contributed by atoms with van der Waals surface area (Å²) in [6, 6.07) is 23.7. The summed E-state index contributed by atoms with van der Waals surface area (Å²) < 4.78 is 17.8. The van der Waals surface area contributed by atoms with Crippen molar-refractivity contribution < 1.29 is 24.5 Å². The summed E-state index contributed by atoms with van der Waals surface area (Å²) in [5, 5.41) is 31.5. The smallest absolute Gasteiger partial charge is 0.305 e. The Bertz CT molecular complexity index is 1790. The Hall–Kier alpha value is -4.27. The fraction of sp³-hybridized carbons (Fsp3) is 0.294. The number of hydrogen-bond acceptors (Lipinski definition) is 4. The molecular weight excluding hydrogens is 535 g/mol. The molecule has 5 aromatic rings. The predicted molar refractivity (Wildman–Crippen MR) is 162 cm³/mol. The van der Waals surface area contributed by atoms with Crippen LogP contribution in [-0.4, -0.2) is 42.6 Å². The van der Waals surface area contributed by atoms with E-state index in [4.69, 9.17) is 5.11 Å². The number of pyridine rings is 1. The van der Waals surface area contributed by atoms with E-state index >= 15 is 0 Å². The quantitative estimate of drug-likeness (QED) is 0.183. The van der Waals surface area contributed by atoms with Gasteiger partial charge in [0.05, 0.1) is 30.7 Å². The van der Waals surface area contributed by atoms with Gasteiger partial charge in [0, 0.05) is 28.1 Å². The molecule has 0 saturated heterocycles. The topological polar surface area (TPSA) is 105 Å². The Balaban J connectivity index is 1.74. The van der Waals surface area contributed by atoms with E-state index in [1.165, 1.54) is 12.1 Å². The second-order valence-corrected chi connectivity index (χ2v) is 11.1. The minimum Gasteiger partial charge on any atom is -0.481 e. The maximum Gasteiger partial charge on any atom is 0.305 e. The van der Waals surface area contributed by atoms with Crippen molar-refractivity contribution in [3.8, 4) is 11.1 Å². The van der Waals surface area contributed by atoms with Gasteiger partial charge in [-0.3, -0.25) is 9.59 Å². The zero-order valence-corrected chi connectivity index (χ0v) is 23.7. The number of aliphatic carboxylic acids is 1. The average Bonchev–Trinajstić information content (AvgIpc) is 3.30. The van der Waals surface area contributed by atoms with Gasteiger partial charge in [-0.15, -0.1) is 0 Å². The van der Waals surface area contributed by atoms with Crippen LogP contribution >= 0.6 is 0 Å². The molecule has 2 aromatic heterocycles. The molecule has 2 unspecified atom stereocenters. The fourth-order valence-electron chi connectivity index (χ4n) is 5.99. The average molecular weight is 571 g/mol. The van der Waals surface area contributed by atoms with Crippen LogP contribution in [-0.2, 0) is 17.8 Å². The summed E-state index contributed by atoms with van der Waals surface area (Å²) in [4.78, 5) is 25.4. The summed E-state index contributed by atoms with van der Waals surface area (Å²) in [6.45, 7) is 4.22. The molecule has 5 rings (SSSR count). The Labute approximate surface area is 243 Å². The van der Waals surface area contributed by atoms with Crippen LogP contribution < -0.4 is 5.56 Å². The van der Waals surface area contributed by atoms with Gasteiger partial charge in [0.15, 0.2) is 0 Å². The van der Waals surface area contributed by atoms with Gasteiger partial charge >= 0.3 is 5.97 Å². The largest absolute Gasteiger partial charge is 0.481 e. The van der Waals surface area contributed by atoms with Gasteiger partial charge in [-0.2, -0.15) is 0 Å². The number of rotatable bonds is 11. The summed E-state index contributed by atoms with van der Waals surface area (Å²) in [5.74, 6) is -1.49. The van der Waals surface area contributed by atoms with E-state index < -0.39 is 24.6 Å².